The largest absolute Gasteiger partial charge is 0.497 e. The van der Waals surface area contributed by atoms with Gasteiger partial charge in [0.1, 0.15) is 11.5 Å². The number of aliphatic hydroxyl groups is 1. The summed E-state index contributed by atoms with van der Waals surface area (Å²) in [6.07, 6.45) is 3.30. The molecule has 1 heterocycles. The Bertz CT molecular complexity index is 1230. The number of rotatable bonds is 14. The molecule has 2 N–H and O–H groups in total. The van der Waals surface area contributed by atoms with E-state index in [-0.39, 0.29) is 12.5 Å². The van der Waals surface area contributed by atoms with Gasteiger partial charge in [0, 0.05) is 31.6 Å². The van der Waals surface area contributed by atoms with Gasteiger partial charge in [0.05, 0.1) is 13.7 Å². The van der Waals surface area contributed by atoms with Gasteiger partial charge in [-0.25, -0.2) is 4.99 Å². The van der Waals surface area contributed by atoms with Gasteiger partial charge in [-0.15, -0.1) is 0 Å². The first-order chi connectivity index (χ1) is 19.1. The van der Waals surface area contributed by atoms with Crippen molar-refractivity contribution in [3.05, 3.63) is 95.6 Å². The van der Waals surface area contributed by atoms with E-state index in [2.05, 4.69) is 12.2 Å². The number of aliphatic imine (C=N–C) groups is 1. The lowest BCUT2D eigenvalue weighted by Gasteiger charge is -2.31. The smallest absolute Gasteiger partial charge is 0.252 e. The number of amides is 1. The summed E-state index contributed by atoms with van der Waals surface area (Å²) >= 11 is 0. The lowest BCUT2D eigenvalue weighted by molar-refractivity contribution is -0.128. The van der Waals surface area contributed by atoms with Gasteiger partial charge in [-0.05, 0) is 53.9 Å². The highest BCUT2D eigenvalue weighted by Gasteiger charge is 2.53. The van der Waals surface area contributed by atoms with Gasteiger partial charge in [-0.2, -0.15) is 0 Å². The fourth-order valence-corrected chi connectivity index (χ4v) is 4.72. The van der Waals surface area contributed by atoms with E-state index in [0.29, 0.717) is 43.4 Å². The molecule has 2 atom stereocenters. The maximum absolute atomic E-state index is 14.1. The van der Waals surface area contributed by atoms with Crippen LogP contribution in [0, 0.1) is 0 Å². The highest BCUT2D eigenvalue weighted by atomic mass is 16.5. The average molecular weight is 531 g/mol. The standard InChI is InChI=1S/C32H38N2O5/c1-3-4-8-19-33-31(36)32(23-24-11-6-5-7-12-24)29(26-13-9-14-28(22-26)37-2)39-30(34-32)25-15-17-27(18-16-25)38-21-10-20-35/h5-7,9,11-18,22,29,35H,3-4,8,10,19-21,23H2,1-2H3,(H,33,36)/t29-,32-/m1/s1. The SMILES string of the molecule is CCCCCNC(=O)[C@]1(Cc2ccccc2)N=C(c2ccc(OCCCO)cc2)O[C@@H]1c1cccc(OC)c1. The molecule has 7 nitrogen and oxygen atoms in total. The monoisotopic (exact) mass is 530 g/mol. The van der Waals surface area contributed by atoms with Gasteiger partial charge in [-0.3, -0.25) is 4.79 Å². The molecule has 3 aromatic carbocycles. The summed E-state index contributed by atoms with van der Waals surface area (Å²) in [4.78, 5) is 19.2. The Hall–Kier alpha value is -3.84. The number of unbranched alkanes of at least 4 members (excludes halogenated alkanes) is 2. The minimum absolute atomic E-state index is 0.0817. The number of carbonyl (C=O) groups excluding carboxylic acids is 1. The summed E-state index contributed by atoms with van der Waals surface area (Å²) in [5.41, 5.74) is 1.35. The number of hydrogen-bond donors (Lipinski definition) is 2. The van der Waals surface area contributed by atoms with Gasteiger partial charge in [0.2, 0.25) is 5.90 Å². The number of carbonyl (C=O) groups is 1. The second-order valence-electron chi connectivity index (χ2n) is 9.69. The molecule has 7 heteroatoms. The van der Waals surface area contributed by atoms with Crippen LogP contribution in [0.3, 0.4) is 0 Å². The van der Waals surface area contributed by atoms with Crippen molar-refractivity contribution in [2.75, 3.05) is 26.9 Å². The molecule has 206 valence electrons. The van der Waals surface area contributed by atoms with Crippen molar-refractivity contribution in [3.63, 3.8) is 0 Å². The number of methoxy groups -OCH3 is 1. The number of nitrogens with zero attached hydrogens (tertiary/aromatic N) is 1. The van der Waals surface area contributed by atoms with Crippen molar-refractivity contribution in [1.82, 2.24) is 5.32 Å². The molecule has 0 saturated heterocycles. The normalized spacial score (nSPS) is 18.2. The molecule has 4 rings (SSSR count). The lowest BCUT2D eigenvalue weighted by atomic mass is 9.82. The predicted molar refractivity (Wildman–Crippen MR) is 152 cm³/mol. The van der Waals surface area contributed by atoms with E-state index in [1.165, 1.54) is 0 Å². The molecule has 1 aliphatic rings. The highest BCUT2D eigenvalue weighted by Crippen LogP contribution is 2.43. The Morgan fingerprint density at radius 2 is 1.79 bits per heavy atom. The van der Waals surface area contributed by atoms with Crippen molar-refractivity contribution >= 4 is 11.8 Å². The van der Waals surface area contributed by atoms with Crippen molar-refractivity contribution in [3.8, 4) is 11.5 Å². The number of ether oxygens (including phenoxy) is 3. The summed E-state index contributed by atoms with van der Waals surface area (Å²) in [5.74, 6) is 1.63. The zero-order valence-corrected chi connectivity index (χ0v) is 22.8. The quantitative estimate of drug-likeness (QED) is 0.278. The topological polar surface area (TPSA) is 89.4 Å². The molecule has 0 bridgehead atoms. The van der Waals surface area contributed by atoms with Crippen LogP contribution < -0.4 is 14.8 Å². The molecule has 0 aliphatic carbocycles. The van der Waals surface area contributed by atoms with Gasteiger partial charge < -0.3 is 24.6 Å². The molecular weight excluding hydrogens is 492 g/mol. The summed E-state index contributed by atoms with van der Waals surface area (Å²) in [6, 6.07) is 25.0. The van der Waals surface area contributed by atoms with Gasteiger partial charge in [0.15, 0.2) is 11.6 Å². The Kier molecular flexibility index (Phi) is 9.97. The van der Waals surface area contributed by atoms with E-state index in [4.69, 9.17) is 24.3 Å². The molecule has 1 amide bonds. The van der Waals surface area contributed by atoms with Crippen LogP contribution in [-0.4, -0.2) is 49.3 Å². The molecular formula is C32H38N2O5. The zero-order chi connectivity index (χ0) is 27.5. The third-order valence-corrected chi connectivity index (χ3v) is 6.81. The summed E-state index contributed by atoms with van der Waals surface area (Å²) in [6.45, 7) is 3.24. The van der Waals surface area contributed by atoms with Crippen molar-refractivity contribution in [2.24, 2.45) is 4.99 Å². The Balaban J connectivity index is 1.74. The second-order valence-corrected chi connectivity index (χ2v) is 9.69. The van der Waals surface area contributed by atoms with Crippen molar-refractivity contribution in [2.45, 2.75) is 50.7 Å². The van der Waals surface area contributed by atoms with E-state index in [1.807, 2.05) is 78.9 Å². The van der Waals surface area contributed by atoms with Crippen LogP contribution in [-0.2, 0) is 16.0 Å². The first-order valence-corrected chi connectivity index (χ1v) is 13.7. The Morgan fingerprint density at radius 1 is 1.00 bits per heavy atom. The van der Waals surface area contributed by atoms with Crippen LogP contribution >= 0.6 is 0 Å². The van der Waals surface area contributed by atoms with Crippen LogP contribution in [0.15, 0.2) is 83.9 Å². The molecule has 0 fully saturated rings. The number of aliphatic hydroxyl groups excluding tert-OH is 1. The lowest BCUT2D eigenvalue weighted by Crippen LogP contribution is -2.50. The maximum Gasteiger partial charge on any atom is 0.252 e. The summed E-state index contributed by atoms with van der Waals surface area (Å²) in [5, 5.41) is 12.2. The van der Waals surface area contributed by atoms with Crippen LogP contribution in [0.2, 0.25) is 0 Å². The maximum atomic E-state index is 14.1. The molecule has 1 aliphatic heterocycles. The van der Waals surface area contributed by atoms with Crippen molar-refractivity contribution < 1.29 is 24.1 Å². The third kappa shape index (κ3) is 6.98. The number of hydrogen-bond acceptors (Lipinski definition) is 6. The second kappa shape index (κ2) is 13.8. The van der Waals surface area contributed by atoms with E-state index < -0.39 is 11.6 Å². The molecule has 3 aromatic rings. The molecule has 39 heavy (non-hydrogen) atoms. The van der Waals surface area contributed by atoms with E-state index >= 15 is 0 Å². The minimum atomic E-state index is -1.22. The first-order valence-electron chi connectivity index (χ1n) is 13.7. The first kappa shape index (κ1) is 28.2. The molecule has 0 aromatic heterocycles. The minimum Gasteiger partial charge on any atom is -0.497 e. The van der Waals surface area contributed by atoms with Crippen LogP contribution in [0.25, 0.3) is 0 Å². The molecule has 0 spiro atoms. The number of benzene rings is 3. The van der Waals surface area contributed by atoms with Crippen LogP contribution in [0.1, 0.15) is 55.4 Å². The highest BCUT2D eigenvalue weighted by molar-refractivity contribution is 6.01. The van der Waals surface area contributed by atoms with Crippen LogP contribution in [0.5, 0.6) is 11.5 Å². The average Bonchev–Trinajstić information content (AvgIpc) is 3.36. The Morgan fingerprint density at radius 3 is 2.51 bits per heavy atom. The van der Waals surface area contributed by atoms with Crippen molar-refractivity contribution in [1.29, 1.82) is 0 Å². The Labute approximate surface area is 230 Å². The summed E-state index contributed by atoms with van der Waals surface area (Å²) in [7, 11) is 1.62. The fourth-order valence-electron chi connectivity index (χ4n) is 4.72. The van der Waals surface area contributed by atoms with E-state index in [9.17, 15) is 4.79 Å². The van der Waals surface area contributed by atoms with E-state index in [1.54, 1.807) is 7.11 Å². The van der Waals surface area contributed by atoms with Crippen LogP contribution in [0.4, 0.5) is 0 Å². The zero-order valence-electron chi connectivity index (χ0n) is 22.8. The number of nitrogens with one attached hydrogen (secondary N) is 1. The molecule has 0 saturated carbocycles. The molecule has 0 radical (unpaired) electrons. The third-order valence-electron chi connectivity index (χ3n) is 6.81. The predicted octanol–water partition coefficient (Wildman–Crippen LogP) is 5.26. The van der Waals surface area contributed by atoms with Gasteiger partial charge >= 0.3 is 0 Å². The van der Waals surface area contributed by atoms with E-state index in [0.717, 1.165) is 36.0 Å². The van der Waals surface area contributed by atoms with Gasteiger partial charge in [-0.1, -0.05) is 62.2 Å². The fraction of sp³-hybridized carbons (Fsp3) is 0.375. The van der Waals surface area contributed by atoms with Gasteiger partial charge in [0.25, 0.3) is 5.91 Å². The molecule has 0 unspecified atom stereocenters. The summed E-state index contributed by atoms with van der Waals surface area (Å²) < 4.78 is 17.7.